The molecule has 2 aromatic carbocycles. The van der Waals surface area contributed by atoms with Gasteiger partial charge in [-0.15, -0.1) is 24.0 Å². The molecule has 2 aromatic rings. The van der Waals surface area contributed by atoms with Crippen LogP contribution in [0.4, 0.5) is 0 Å². The van der Waals surface area contributed by atoms with Crippen molar-refractivity contribution in [2.45, 2.75) is 19.5 Å². The van der Waals surface area contributed by atoms with Gasteiger partial charge in [-0.3, -0.25) is 9.79 Å². The van der Waals surface area contributed by atoms with Gasteiger partial charge in [0.15, 0.2) is 12.6 Å². The number of halogens is 2. The van der Waals surface area contributed by atoms with Gasteiger partial charge in [0.05, 0.1) is 6.04 Å². The Hall–Kier alpha value is -2.00. The number of carbonyl (C=O) groups excluding carboxylic acids is 1. The highest BCUT2D eigenvalue weighted by atomic mass is 127. The van der Waals surface area contributed by atoms with Crippen molar-refractivity contribution in [2.24, 2.45) is 10.7 Å². The summed E-state index contributed by atoms with van der Waals surface area (Å²) in [4.78, 5) is 15.0. The van der Waals surface area contributed by atoms with Crippen LogP contribution in [0.25, 0.3) is 0 Å². The van der Waals surface area contributed by atoms with Gasteiger partial charge in [-0.25, -0.2) is 0 Å². The number of nitrogens with one attached hydrogen (secondary N) is 2. The summed E-state index contributed by atoms with van der Waals surface area (Å²) >= 11 is 6.24. The van der Waals surface area contributed by atoms with Crippen LogP contribution in [0, 0.1) is 0 Å². The van der Waals surface area contributed by atoms with Crippen molar-refractivity contribution in [2.75, 3.05) is 13.7 Å². The van der Waals surface area contributed by atoms with E-state index in [0.717, 1.165) is 11.1 Å². The molecule has 0 heterocycles. The monoisotopic (exact) mass is 502 g/mol. The summed E-state index contributed by atoms with van der Waals surface area (Å²) in [5.74, 6) is 0.739. The van der Waals surface area contributed by atoms with E-state index in [9.17, 15) is 4.79 Å². The molecule has 0 saturated carbocycles. The van der Waals surface area contributed by atoms with Crippen LogP contribution in [-0.4, -0.2) is 25.5 Å². The molecule has 0 aliphatic heterocycles. The Morgan fingerprint density at radius 3 is 2.67 bits per heavy atom. The second-order valence-electron chi connectivity index (χ2n) is 5.72. The van der Waals surface area contributed by atoms with E-state index in [1.54, 1.807) is 13.1 Å². The number of hydrogen-bond donors (Lipinski definition) is 3. The van der Waals surface area contributed by atoms with Crippen molar-refractivity contribution in [1.29, 1.82) is 0 Å². The molecule has 0 aromatic heterocycles. The molecule has 1 amide bonds. The van der Waals surface area contributed by atoms with Gasteiger partial charge in [0.25, 0.3) is 5.91 Å². The minimum absolute atomic E-state index is 0. The number of nitrogens with two attached hydrogens (primary N) is 1. The summed E-state index contributed by atoms with van der Waals surface area (Å²) in [6.45, 7) is 2.42. The minimum atomic E-state index is -0.508. The summed E-state index contributed by atoms with van der Waals surface area (Å²) in [6, 6.07) is 15.1. The first-order valence-electron chi connectivity index (χ1n) is 8.21. The number of guanidine groups is 1. The van der Waals surface area contributed by atoms with Gasteiger partial charge in [-0.1, -0.05) is 41.9 Å². The summed E-state index contributed by atoms with van der Waals surface area (Å²) in [5, 5.41) is 7.27. The summed E-state index contributed by atoms with van der Waals surface area (Å²) < 4.78 is 5.31. The molecule has 0 bridgehead atoms. The molecule has 0 saturated heterocycles. The Morgan fingerprint density at radius 1 is 1.26 bits per heavy atom. The Morgan fingerprint density at radius 2 is 2.00 bits per heavy atom. The highest BCUT2D eigenvalue weighted by molar-refractivity contribution is 14.0. The third kappa shape index (κ3) is 7.64. The smallest absolute Gasteiger partial charge is 0.255 e. The fourth-order valence-electron chi connectivity index (χ4n) is 2.39. The van der Waals surface area contributed by atoms with Crippen LogP contribution in [0.3, 0.4) is 0 Å². The second kappa shape index (κ2) is 11.7. The molecular formula is C19H24ClIN4O2. The fraction of sp³-hybridized carbons (Fsp3) is 0.263. The van der Waals surface area contributed by atoms with Crippen LogP contribution >= 0.6 is 35.6 Å². The van der Waals surface area contributed by atoms with Crippen molar-refractivity contribution in [3.8, 4) is 5.75 Å². The Bertz CT molecular complexity index is 786. The first-order valence-corrected chi connectivity index (χ1v) is 8.59. The number of aliphatic imine (C=N–C) groups is 1. The SMILES string of the molecule is CN=C(NCc1cccc(OCC(N)=O)c1)NC(C)c1ccccc1Cl.I. The van der Waals surface area contributed by atoms with Gasteiger partial charge in [0.2, 0.25) is 0 Å². The van der Waals surface area contributed by atoms with E-state index in [0.29, 0.717) is 23.3 Å². The molecule has 4 N–H and O–H groups in total. The third-order valence-corrected chi connectivity index (χ3v) is 4.03. The van der Waals surface area contributed by atoms with E-state index in [1.807, 2.05) is 49.4 Å². The zero-order valence-electron chi connectivity index (χ0n) is 15.2. The lowest BCUT2D eigenvalue weighted by molar-refractivity contribution is -0.119. The van der Waals surface area contributed by atoms with Crippen LogP contribution in [0.1, 0.15) is 24.1 Å². The number of carbonyl (C=O) groups is 1. The minimum Gasteiger partial charge on any atom is -0.484 e. The lowest BCUT2D eigenvalue weighted by Crippen LogP contribution is -2.38. The third-order valence-electron chi connectivity index (χ3n) is 3.69. The van der Waals surface area contributed by atoms with E-state index < -0.39 is 5.91 Å². The average Bonchev–Trinajstić information content (AvgIpc) is 2.64. The number of amides is 1. The lowest BCUT2D eigenvalue weighted by Gasteiger charge is -2.19. The van der Waals surface area contributed by atoms with E-state index in [2.05, 4.69) is 15.6 Å². The molecule has 0 radical (unpaired) electrons. The van der Waals surface area contributed by atoms with Gasteiger partial charge < -0.3 is 21.1 Å². The standard InChI is InChI=1S/C19H23ClN4O2.HI/c1-13(16-8-3-4-9-17(16)20)24-19(22-2)23-11-14-6-5-7-15(10-14)26-12-18(21)25;/h3-10,13H,11-12H2,1-2H3,(H2,21,25)(H2,22,23,24);1H. The number of rotatable bonds is 7. The van der Waals surface area contributed by atoms with Gasteiger partial charge in [0, 0.05) is 18.6 Å². The predicted molar refractivity (Wildman–Crippen MR) is 120 cm³/mol. The normalized spacial score (nSPS) is 11.9. The molecule has 1 atom stereocenters. The predicted octanol–water partition coefficient (Wildman–Crippen LogP) is 3.25. The fourth-order valence-corrected chi connectivity index (χ4v) is 2.69. The Kier molecular flexibility index (Phi) is 9.95. The zero-order chi connectivity index (χ0) is 18.9. The number of ether oxygens (including phenoxy) is 1. The van der Waals surface area contributed by atoms with E-state index in [4.69, 9.17) is 22.1 Å². The van der Waals surface area contributed by atoms with Crippen molar-refractivity contribution in [3.05, 3.63) is 64.7 Å². The number of nitrogens with zero attached hydrogens (tertiary/aromatic N) is 1. The first-order chi connectivity index (χ1) is 12.5. The van der Waals surface area contributed by atoms with E-state index in [1.165, 1.54) is 0 Å². The molecule has 8 heteroatoms. The topological polar surface area (TPSA) is 88.7 Å². The second-order valence-corrected chi connectivity index (χ2v) is 6.12. The maximum atomic E-state index is 10.8. The summed E-state index contributed by atoms with van der Waals surface area (Å²) in [6.07, 6.45) is 0. The Labute approximate surface area is 181 Å². The van der Waals surface area contributed by atoms with Crippen LogP contribution in [-0.2, 0) is 11.3 Å². The van der Waals surface area contributed by atoms with Crippen LogP contribution in [0.15, 0.2) is 53.5 Å². The van der Waals surface area contributed by atoms with Crippen LogP contribution < -0.4 is 21.1 Å². The molecule has 2 rings (SSSR count). The van der Waals surface area contributed by atoms with Crippen LogP contribution in [0.5, 0.6) is 5.75 Å². The Balaban J connectivity index is 0.00000364. The molecule has 0 spiro atoms. The van der Waals surface area contributed by atoms with Gasteiger partial charge in [-0.2, -0.15) is 0 Å². The molecule has 1 unspecified atom stereocenters. The molecule has 0 aliphatic rings. The summed E-state index contributed by atoms with van der Waals surface area (Å²) in [5.41, 5.74) is 7.08. The molecule has 27 heavy (non-hydrogen) atoms. The molecule has 6 nitrogen and oxygen atoms in total. The quantitative estimate of drug-likeness (QED) is 0.308. The molecule has 0 fully saturated rings. The van der Waals surface area contributed by atoms with Crippen molar-refractivity contribution < 1.29 is 9.53 Å². The molecule has 146 valence electrons. The highest BCUT2D eigenvalue weighted by Gasteiger charge is 2.10. The maximum absolute atomic E-state index is 10.8. The first kappa shape index (κ1) is 23.0. The summed E-state index contributed by atoms with van der Waals surface area (Å²) in [7, 11) is 1.71. The van der Waals surface area contributed by atoms with Crippen LogP contribution in [0.2, 0.25) is 5.02 Å². The number of primary amides is 1. The van der Waals surface area contributed by atoms with Gasteiger partial charge in [-0.05, 0) is 36.2 Å². The van der Waals surface area contributed by atoms with Gasteiger partial charge in [0.1, 0.15) is 5.75 Å². The maximum Gasteiger partial charge on any atom is 0.255 e. The average molecular weight is 503 g/mol. The van der Waals surface area contributed by atoms with Crippen molar-refractivity contribution in [1.82, 2.24) is 10.6 Å². The molecule has 0 aliphatic carbocycles. The van der Waals surface area contributed by atoms with Gasteiger partial charge >= 0.3 is 0 Å². The van der Waals surface area contributed by atoms with Crippen molar-refractivity contribution in [3.63, 3.8) is 0 Å². The number of benzene rings is 2. The zero-order valence-corrected chi connectivity index (χ0v) is 18.3. The molecular weight excluding hydrogens is 479 g/mol. The van der Waals surface area contributed by atoms with Crippen molar-refractivity contribution >= 4 is 47.4 Å². The highest BCUT2D eigenvalue weighted by Crippen LogP contribution is 2.22. The largest absolute Gasteiger partial charge is 0.484 e. The lowest BCUT2D eigenvalue weighted by atomic mass is 10.1. The van der Waals surface area contributed by atoms with E-state index >= 15 is 0 Å². The number of hydrogen-bond acceptors (Lipinski definition) is 3. The van der Waals surface area contributed by atoms with E-state index in [-0.39, 0.29) is 36.6 Å².